The van der Waals surface area contributed by atoms with Crippen molar-refractivity contribution in [1.82, 2.24) is 39.2 Å². The summed E-state index contributed by atoms with van der Waals surface area (Å²) >= 11 is 0. The van der Waals surface area contributed by atoms with Crippen molar-refractivity contribution >= 4 is 29.9 Å². The lowest BCUT2D eigenvalue weighted by Gasteiger charge is -2.32. The van der Waals surface area contributed by atoms with Gasteiger partial charge in [-0.05, 0) is 72.4 Å². The summed E-state index contributed by atoms with van der Waals surface area (Å²) < 4.78 is 18.2. The summed E-state index contributed by atoms with van der Waals surface area (Å²) in [5.74, 6) is 2.35. The highest BCUT2D eigenvalue weighted by molar-refractivity contribution is 5.89. The number of benzene rings is 1. The Morgan fingerprint density at radius 3 is 2.49 bits per heavy atom. The topological polar surface area (TPSA) is 156 Å². The van der Waals surface area contributed by atoms with Gasteiger partial charge in [-0.1, -0.05) is 45.0 Å². The number of ether oxygens (including phenoxy) is 2. The van der Waals surface area contributed by atoms with Crippen molar-refractivity contribution in [2.24, 2.45) is 0 Å². The zero-order valence-corrected chi connectivity index (χ0v) is 31.9. The zero-order chi connectivity index (χ0) is 38.4. The maximum atomic E-state index is 13.7. The van der Waals surface area contributed by atoms with E-state index in [1.54, 1.807) is 0 Å². The van der Waals surface area contributed by atoms with E-state index in [0.29, 0.717) is 5.82 Å². The predicted octanol–water partition coefficient (Wildman–Crippen LogP) is 5.81. The molecule has 2 amide bonds. The molecule has 292 valence electrons. The van der Waals surface area contributed by atoms with Crippen molar-refractivity contribution in [3.05, 3.63) is 83.9 Å². The summed E-state index contributed by atoms with van der Waals surface area (Å²) in [5, 5.41) is 26.9. The second-order valence-corrected chi connectivity index (χ2v) is 15.4. The minimum absolute atomic E-state index is 0.101. The highest BCUT2D eigenvalue weighted by Crippen LogP contribution is 2.39. The lowest BCUT2D eigenvalue weighted by atomic mass is 9.85. The van der Waals surface area contributed by atoms with Crippen LogP contribution in [0.25, 0.3) is 11.3 Å². The quantitative estimate of drug-likeness (QED) is 0.157. The molecular weight excluding hydrogens is 701 g/mol. The number of morpholine rings is 1. The van der Waals surface area contributed by atoms with E-state index in [-0.39, 0.29) is 30.1 Å². The van der Waals surface area contributed by atoms with Crippen molar-refractivity contribution in [3.8, 4) is 11.4 Å². The Bertz CT molecular complexity index is 2050. The number of fused-ring (bicyclic) bond motifs is 2. The third-order valence-electron chi connectivity index (χ3n) is 10.6. The Morgan fingerprint density at radius 1 is 0.964 bits per heavy atom. The Labute approximate surface area is 321 Å². The first-order valence-electron chi connectivity index (χ1n) is 19.3. The minimum Gasteiger partial charge on any atom is -0.484 e. The maximum Gasteiger partial charge on any atom is 0.320 e. The third kappa shape index (κ3) is 8.94. The van der Waals surface area contributed by atoms with Crippen LogP contribution < -0.4 is 20.3 Å². The van der Waals surface area contributed by atoms with Gasteiger partial charge in [0.15, 0.2) is 5.65 Å². The van der Waals surface area contributed by atoms with Gasteiger partial charge < -0.3 is 24.8 Å². The molecule has 3 N–H and O–H groups in total. The molecule has 2 fully saturated rings. The number of hydrogen-bond donors (Lipinski definition) is 3. The number of amides is 2. The number of carboxylic acid groups (broad SMARTS) is 1. The smallest absolute Gasteiger partial charge is 0.320 e. The van der Waals surface area contributed by atoms with Crippen molar-refractivity contribution in [3.63, 3.8) is 0 Å². The van der Waals surface area contributed by atoms with Gasteiger partial charge in [0.05, 0.1) is 43.9 Å². The van der Waals surface area contributed by atoms with Crippen molar-refractivity contribution in [2.45, 2.75) is 77.0 Å². The van der Waals surface area contributed by atoms with E-state index < -0.39 is 0 Å². The van der Waals surface area contributed by atoms with Crippen LogP contribution in [0.15, 0.2) is 67.3 Å². The van der Waals surface area contributed by atoms with E-state index in [0.717, 1.165) is 105 Å². The predicted molar refractivity (Wildman–Crippen MR) is 209 cm³/mol. The van der Waals surface area contributed by atoms with Crippen LogP contribution in [0.3, 0.4) is 0 Å². The van der Waals surface area contributed by atoms with E-state index in [1.807, 2.05) is 56.5 Å². The summed E-state index contributed by atoms with van der Waals surface area (Å²) in [5.41, 5.74) is 4.90. The second-order valence-electron chi connectivity index (χ2n) is 15.4. The number of piperidine rings is 1. The average Bonchev–Trinajstić information content (AvgIpc) is 3.95. The first-order chi connectivity index (χ1) is 26.7. The molecule has 5 aromatic rings. The highest BCUT2D eigenvalue weighted by atomic mass is 16.5. The van der Waals surface area contributed by atoms with Crippen LogP contribution in [0.4, 0.5) is 16.6 Å². The lowest BCUT2D eigenvalue weighted by molar-refractivity contribution is -0.122. The monoisotopic (exact) mass is 752 g/mol. The van der Waals surface area contributed by atoms with Crippen LogP contribution in [0.5, 0.6) is 5.75 Å². The summed E-state index contributed by atoms with van der Waals surface area (Å²) in [6.07, 6.45) is 13.0. The van der Waals surface area contributed by atoms with Crippen LogP contribution in [-0.2, 0) is 21.5 Å². The number of urea groups is 1. The molecule has 0 spiro atoms. The van der Waals surface area contributed by atoms with Crippen LogP contribution in [0, 0.1) is 0 Å². The molecule has 0 unspecified atom stereocenters. The van der Waals surface area contributed by atoms with Gasteiger partial charge in [0.2, 0.25) is 5.95 Å². The SMILES string of the molecule is CC(C)(C)c1cc(NC(=O)N[C@H]2CC[C@@H](Oc3ccc4nnc(N5CCCCC5)n4c3)c3ccccc32)n(-c2cnn(CCN3CCOCC3)c2)c1.O=CO. The molecule has 1 aliphatic carbocycles. The summed E-state index contributed by atoms with van der Waals surface area (Å²) in [7, 11) is 0. The largest absolute Gasteiger partial charge is 0.484 e. The molecule has 2 aliphatic heterocycles. The average molecular weight is 753 g/mol. The fourth-order valence-corrected chi connectivity index (χ4v) is 7.59. The van der Waals surface area contributed by atoms with Crippen molar-refractivity contribution in [1.29, 1.82) is 0 Å². The number of hydrogen-bond acceptors (Lipinski definition) is 9. The lowest BCUT2D eigenvalue weighted by Crippen LogP contribution is -2.38. The Kier molecular flexibility index (Phi) is 11.7. The number of carbonyl (C=O) groups is 2. The maximum absolute atomic E-state index is 13.7. The number of nitrogens with zero attached hydrogens (tertiary/aromatic N) is 8. The van der Waals surface area contributed by atoms with Crippen LogP contribution >= 0.6 is 0 Å². The molecule has 1 aromatic carbocycles. The van der Waals surface area contributed by atoms with E-state index in [1.165, 1.54) is 19.3 Å². The van der Waals surface area contributed by atoms with Gasteiger partial charge in [-0.15, -0.1) is 10.2 Å². The molecule has 0 bridgehead atoms. The number of aromatic nitrogens is 6. The molecule has 6 heterocycles. The summed E-state index contributed by atoms with van der Waals surface area (Å²) in [4.78, 5) is 26.8. The first-order valence-corrected chi connectivity index (χ1v) is 19.3. The molecule has 4 aromatic heterocycles. The van der Waals surface area contributed by atoms with Gasteiger partial charge in [-0.25, -0.2) is 4.79 Å². The fraction of sp³-hybridized carbons (Fsp3) is 0.475. The molecule has 2 saturated heterocycles. The first kappa shape index (κ1) is 37.9. The van der Waals surface area contributed by atoms with Gasteiger partial charge in [0, 0.05) is 45.1 Å². The Hall–Kier alpha value is -5.41. The highest BCUT2D eigenvalue weighted by Gasteiger charge is 2.30. The molecule has 0 radical (unpaired) electrons. The van der Waals surface area contributed by atoms with Crippen LogP contribution in [0.1, 0.15) is 81.7 Å². The minimum atomic E-state index is -0.250. The van der Waals surface area contributed by atoms with E-state index >= 15 is 0 Å². The van der Waals surface area contributed by atoms with E-state index in [9.17, 15) is 4.79 Å². The van der Waals surface area contributed by atoms with E-state index in [2.05, 4.69) is 80.9 Å². The molecule has 8 rings (SSSR count). The Balaban J connectivity index is 0.00000150. The van der Waals surface area contributed by atoms with Crippen molar-refractivity contribution < 1.29 is 24.2 Å². The number of rotatable bonds is 9. The standard InChI is InChI=1S/C39H50N10O3.CH2O2/c1-39(2,3)28-23-36(48(25-28)29-24-40-47(26-29)18-17-45-19-21-51-22-20-45)42-37(50)41-33-12-13-34(32-10-6-5-9-31(32)33)52-30-11-14-35-43-44-38(49(35)27-30)46-15-7-4-8-16-46;2-1-3/h5-6,9-11,14,23-27,33-34H,4,7-8,12-13,15-22H2,1-3H3,(H2,41,42,50);1H,(H,2,3)/t33-,34+;/m0./s1. The third-order valence-corrected chi connectivity index (χ3v) is 10.6. The molecule has 3 aliphatic rings. The zero-order valence-electron chi connectivity index (χ0n) is 31.9. The van der Waals surface area contributed by atoms with Crippen LogP contribution in [-0.4, -0.2) is 97.4 Å². The fourth-order valence-electron chi connectivity index (χ4n) is 7.59. The molecule has 0 saturated carbocycles. The second kappa shape index (κ2) is 16.9. The molecule has 15 heteroatoms. The summed E-state index contributed by atoms with van der Waals surface area (Å²) in [6, 6.07) is 13.9. The van der Waals surface area contributed by atoms with Gasteiger partial charge >= 0.3 is 6.03 Å². The van der Waals surface area contributed by atoms with Gasteiger partial charge in [0.25, 0.3) is 6.47 Å². The number of nitrogens with one attached hydrogen (secondary N) is 2. The molecule has 2 atom stereocenters. The number of anilines is 2. The van der Waals surface area contributed by atoms with Gasteiger partial charge in [-0.2, -0.15) is 5.10 Å². The summed E-state index contributed by atoms with van der Waals surface area (Å²) in [6.45, 7) is 13.4. The Morgan fingerprint density at radius 2 is 1.73 bits per heavy atom. The van der Waals surface area contributed by atoms with E-state index in [4.69, 9.17) is 19.4 Å². The van der Waals surface area contributed by atoms with Crippen LogP contribution in [0.2, 0.25) is 0 Å². The number of carbonyl (C=O) groups excluding carboxylic acids is 1. The molecule has 15 nitrogen and oxygen atoms in total. The number of pyridine rings is 1. The van der Waals surface area contributed by atoms with Gasteiger partial charge in [0.1, 0.15) is 17.7 Å². The van der Waals surface area contributed by atoms with Crippen molar-refractivity contribution in [2.75, 3.05) is 56.2 Å². The van der Waals surface area contributed by atoms with Gasteiger partial charge in [-0.3, -0.25) is 28.7 Å². The molecular formula is C40H52N10O5. The normalized spacial score (nSPS) is 18.9. The molecule has 55 heavy (non-hydrogen) atoms.